The van der Waals surface area contributed by atoms with Gasteiger partial charge in [0.05, 0.1) is 12.3 Å². The molecule has 0 aliphatic carbocycles. The van der Waals surface area contributed by atoms with Crippen molar-refractivity contribution in [2.75, 3.05) is 30.3 Å². The Kier molecular flexibility index (Phi) is 6.00. The zero-order chi connectivity index (χ0) is 19.3. The number of benzene rings is 1. The second kappa shape index (κ2) is 8.82. The summed E-state index contributed by atoms with van der Waals surface area (Å²) < 4.78 is 11.7. The number of thioether (sulfide) groups is 1. The summed E-state index contributed by atoms with van der Waals surface area (Å²) in [6.07, 6.45) is 3.40. The molecule has 1 saturated heterocycles. The van der Waals surface area contributed by atoms with Crippen molar-refractivity contribution in [3.8, 4) is 5.75 Å². The molecule has 0 bridgehead atoms. The van der Waals surface area contributed by atoms with Crippen LogP contribution < -0.4 is 9.64 Å². The summed E-state index contributed by atoms with van der Waals surface area (Å²) in [5.74, 6) is 3.49. The predicted octanol–water partition coefficient (Wildman–Crippen LogP) is 4.72. The average molecular weight is 399 g/mol. The number of hydrogen-bond donors (Lipinski definition) is 0. The highest BCUT2D eigenvalue weighted by atomic mass is 32.2. The van der Waals surface area contributed by atoms with E-state index in [9.17, 15) is 0 Å². The van der Waals surface area contributed by atoms with Crippen LogP contribution in [0, 0.1) is 12.8 Å². The molecule has 3 aromatic rings. The smallest absolute Gasteiger partial charge is 0.256 e. The van der Waals surface area contributed by atoms with E-state index in [2.05, 4.69) is 33.1 Å². The van der Waals surface area contributed by atoms with Crippen LogP contribution in [-0.2, 0) is 0 Å². The number of rotatable bonds is 7. The molecule has 7 heteroatoms. The Labute approximate surface area is 169 Å². The van der Waals surface area contributed by atoms with E-state index in [1.54, 1.807) is 11.8 Å². The lowest BCUT2D eigenvalue weighted by atomic mass is 9.94. The molecule has 6 nitrogen and oxygen atoms in total. The Bertz CT molecular complexity index is 904. The Balaban J connectivity index is 1.24. The molecule has 0 unspecified atom stereocenters. The fourth-order valence-corrected chi connectivity index (χ4v) is 4.07. The molecule has 0 atom stereocenters. The van der Waals surface area contributed by atoms with Gasteiger partial charge in [0.2, 0.25) is 0 Å². The summed E-state index contributed by atoms with van der Waals surface area (Å²) in [4.78, 5) is 6.83. The van der Waals surface area contributed by atoms with E-state index in [0.29, 0.717) is 5.92 Å². The van der Waals surface area contributed by atoms with Crippen LogP contribution in [0.15, 0.2) is 40.0 Å². The zero-order valence-electron chi connectivity index (χ0n) is 16.4. The number of oxazole rings is 1. The molecule has 0 N–H and O–H groups in total. The normalized spacial score (nSPS) is 15.3. The molecule has 4 rings (SSSR count). The van der Waals surface area contributed by atoms with Crippen molar-refractivity contribution in [1.82, 2.24) is 15.2 Å². The Morgan fingerprint density at radius 3 is 2.79 bits per heavy atom. The summed E-state index contributed by atoms with van der Waals surface area (Å²) >= 11 is 1.61. The first-order valence-corrected chi connectivity index (χ1v) is 10.9. The number of ether oxygens (including phenoxy) is 1. The minimum atomic E-state index is 0.693. The van der Waals surface area contributed by atoms with Gasteiger partial charge < -0.3 is 14.1 Å². The number of aromatic nitrogens is 3. The molecule has 2 aromatic heterocycles. The SMILES string of the molecule is CCSc1nc2cc(OCCC3CCN(c4ccc(C)nn4)CC3)ccc2o1. The molecule has 148 valence electrons. The molecule has 1 aliphatic rings. The van der Waals surface area contributed by atoms with E-state index in [1.807, 2.05) is 31.2 Å². The molecule has 0 radical (unpaired) electrons. The topological polar surface area (TPSA) is 64.3 Å². The molecule has 3 heterocycles. The van der Waals surface area contributed by atoms with Crippen molar-refractivity contribution in [2.24, 2.45) is 5.92 Å². The summed E-state index contributed by atoms with van der Waals surface area (Å²) in [6.45, 7) is 6.85. The van der Waals surface area contributed by atoms with Crippen LogP contribution in [-0.4, -0.2) is 40.6 Å². The van der Waals surface area contributed by atoms with E-state index in [-0.39, 0.29) is 0 Å². The third-order valence-corrected chi connectivity index (χ3v) is 5.83. The number of anilines is 1. The van der Waals surface area contributed by atoms with Crippen molar-refractivity contribution >= 4 is 28.7 Å². The summed E-state index contributed by atoms with van der Waals surface area (Å²) in [6, 6.07) is 9.97. The number of nitrogens with zero attached hydrogens (tertiary/aromatic N) is 4. The maximum atomic E-state index is 5.99. The van der Waals surface area contributed by atoms with E-state index in [0.717, 1.165) is 65.5 Å². The molecule has 1 aromatic carbocycles. The highest BCUT2D eigenvalue weighted by molar-refractivity contribution is 7.99. The van der Waals surface area contributed by atoms with Crippen LogP contribution in [0.5, 0.6) is 5.75 Å². The fourth-order valence-electron chi connectivity index (χ4n) is 3.52. The van der Waals surface area contributed by atoms with Gasteiger partial charge >= 0.3 is 0 Å². The number of fused-ring (bicyclic) bond motifs is 1. The molecule has 1 aliphatic heterocycles. The number of piperidine rings is 1. The highest BCUT2D eigenvalue weighted by Gasteiger charge is 2.20. The molecule has 0 amide bonds. The maximum absolute atomic E-state index is 5.99. The fraction of sp³-hybridized carbons (Fsp3) is 0.476. The first kappa shape index (κ1) is 19.1. The van der Waals surface area contributed by atoms with Crippen LogP contribution in [0.2, 0.25) is 0 Å². The van der Waals surface area contributed by atoms with Crippen LogP contribution in [0.1, 0.15) is 31.9 Å². The van der Waals surface area contributed by atoms with Crippen LogP contribution in [0.4, 0.5) is 5.82 Å². The first-order chi connectivity index (χ1) is 13.7. The monoisotopic (exact) mass is 398 g/mol. The molecular weight excluding hydrogens is 372 g/mol. The lowest BCUT2D eigenvalue weighted by molar-refractivity contribution is 0.258. The Morgan fingerprint density at radius 2 is 2.04 bits per heavy atom. The summed E-state index contributed by atoms with van der Waals surface area (Å²) in [5.41, 5.74) is 2.63. The lowest BCUT2D eigenvalue weighted by Crippen LogP contribution is -2.34. The standard InChI is InChI=1S/C21H26N4O2S/c1-3-28-21-22-18-14-17(5-6-19(18)27-21)26-13-10-16-8-11-25(12-9-16)20-7-4-15(2)23-24-20/h4-7,14,16H,3,8-13H2,1-2H3. The Morgan fingerprint density at radius 1 is 1.18 bits per heavy atom. The van der Waals surface area contributed by atoms with E-state index in [4.69, 9.17) is 9.15 Å². The van der Waals surface area contributed by atoms with Crippen LogP contribution >= 0.6 is 11.8 Å². The molecular formula is C21H26N4O2S. The van der Waals surface area contributed by atoms with Gasteiger partial charge in [-0.3, -0.25) is 0 Å². The molecule has 0 spiro atoms. The zero-order valence-corrected chi connectivity index (χ0v) is 17.2. The largest absolute Gasteiger partial charge is 0.494 e. The van der Waals surface area contributed by atoms with Crippen molar-refractivity contribution in [1.29, 1.82) is 0 Å². The first-order valence-electron chi connectivity index (χ1n) is 9.92. The van der Waals surface area contributed by atoms with Gasteiger partial charge in [0, 0.05) is 19.2 Å². The molecule has 0 saturated carbocycles. The maximum Gasteiger partial charge on any atom is 0.256 e. The van der Waals surface area contributed by atoms with Gasteiger partial charge in [0.15, 0.2) is 11.4 Å². The van der Waals surface area contributed by atoms with Crippen molar-refractivity contribution in [2.45, 2.75) is 38.3 Å². The molecule has 28 heavy (non-hydrogen) atoms. The molecule has 1 fully saturated rings. The van der Waals surface area contributed by atoms with Gasteiger partial charge in [0.25, 0.3) is 5.22 Å². The van der Waals surface area contributed by atoms with Gasteiger partial charge in [-0.2, -0.15) is 5.10 Å². The van der Waals surface area contributed by atoms with Gasteiger partial charge in [-0.25, -0.2) is 4.98 Å². The van der Waals surface area contributed by atoms with E-state index < -0.39 is 0 Å². The predicted molar refractivity (Wildman–Crippen MR) is 112 cm³/mol. The van der Waals surface area contributed by atoms with E-state index >= 15 is 0 Å². The van der Waals surface area contributed by atoms with Crippen LogP contribution in [0.3, 0.4) is 0 Å². The second-order valence-corrected chi connectivity index (χ2v) is 8.36. The van der Waals surface area contributed by atoms with Crippen LogP contribution in [0.25, 0.3) is 11.1 Å². The summed E-state index contributed by atoms with van der Waals surface area (Å²) in [7, 11) is 0. The summed E-state index contributed by atoms with van der Waals surface area (Å²) in [5, 5.41) is 9.19. The van der Waals surface area contributed by atoms with Crippen molar-refractivity contribution < 1.29 is 9.15 Å². The van der Waals surface area contributed by atoms with Crippen molar-refractivity contribution in [3.63, 3.8) is 0 Å². The third kappa shape index (κ3) is 4.58. The number of aryl methyl sites for hydroxylation is 1. The van der Waals surface area contributed by atoms with Gasteiger partial charge in [-0.1, -0.05) is 18.7 Å². The minimum absolute atomic E-state index is 0.693. The van der Waals surface area contributed by atoms with Gasteiger partial charge in [-0.05, 0) is 62.1 Å². The van der Waals surface area contributed by atoms with E-state index in [1.165, 1.54) is 12.8 Å². The Hall–Kier alpha value is -2.28. The quantitative estimate of drug-likeness (QED) is 0.533. The second-order valence-electron chi connectivity index (χ2n) is 7.14. The third-order valence-electron chi connectivity index (χ3n) is 5.12. The van der Waals surface area contributed by atoms with Gasteiger partial charge in [0.1, 0.15) is 11.3 Å². The average Bonchev–Trinajstić information content (AvgIpc) is 3.11. The minimum Gasteiger partial charge on any atom is -0.494 e. The van der Waals surface area contributed by atoms with Gasteiger partial charge in [-0.15, -0.1) is 5.10 Å². The number of hydrogen-bond acceptors (Lipinski definition) is 7. The van der Waals surface area contributed by atoms with Crippen molar-refractivity contribution in [3.05, 3.63) is 36.0 Å². The lowest BCUT2D eigenvalue weighted by Gasteiger charge is -2.32. The highest BCUT2D eigenvalue weighted by Crippen LogP contribution is 2.27.